The van der Waals surface area contributed by atoms with Crippen molar-refractivity contribution in [1.29, 1.82) is 0 Å². The molecule has 0 radical (unpaired) electrons. The Kier molecular flexibility index (Phi) is 2.13. The quantitative estimate of drug-likeness (QED) is 0.490. The Labute approximate surface area is 97.9 Å². The van der Waals surface area contributed by atoms with Gasteiger partial charge in [-0.25, -0.2) is 0 Å². The maximum absolute atomic E-state index is 11.4. The molecule has 5 nitrogen and oxygen atoms in total. The van der Waals surface area contributed by atoms with Crippen LogP contribution in [0, 0.1) is 22.0 Å². The minimum absolute atomic E-state index is 0.101. The Morgan fingerprint density at radius 3 is 3.00 bits per heavy atom. The summed E-state index contributed by atoms with van der Waals surface area (Å²) in [5.41, 5.74) is -1.31. The first-order valence-corrected chi connectivity index (χ1v) is 5.67. The van der Waals surface area contributed by atoms with Gasteiger partial charge < -0.3 is 9.52 Å². The molecule has 0 aliphatic heterocycles. The Morgan fingerprint density at radius 2 is 2.41 bits per heavy atom. The van der Waals surface area contributed by atoms with E-state index in [1.165, 1.54) is 6.26 Å². The van der Waals surface area contributed by atoms with Crippen LogP contribution in [-0.4, -0.2) is 22.2 Å². The first kappa shape index (κ1) is 10.5. The zero-order valence-electron chi connectivity index (χ0n) is 9.15. The lowest BCUT2D eigenvalue weighted by atomic mass is 9.75. The van der Waals surface area contributed by atoms with Crippen LogP contribution in [0.25, 0.3) is 0 Å². The van der Waals surface area contributed by atoms with Crippen molar-refractivity contribution in [1.82, 2.24) is 0 Å². The molecule has 1 heterocycles. The van der Waals surface area contributed by atoms with Crippen LogP contribution in [0.4, 0.5) is 0 Å². The molecule has 1 saturated carbocycles. The molecule has 1 N–H and O–H groups in total. The number of rotatable bonds is 3. The summed E-state index contributed by atoms with van der Waals surface area (Å²) in [6.07, 6.45) is 6.12. The molecule has 90 valence electrons. The molecule has 5 heteroatoms. The second kappa shape index (κ2) is 3.43. The number of aliphatic hydroxyl groups excluding tert-OH is 1. The van der Waals surface area contributed by atoms with Gasteiger partial charge in [-0.05, 0) is 24.5 Å². The molecule has 0 amide bonds. The minimum atomic E-state index is -1.31. The number of aliphatic hydroxyl groups is 1. The molecular formula is C12H13NO4. The lowest BCUT2D eigenvalue weighted by Crippen LogP contribution is -2.50. The van der Waals surface area contributed by atoms with Crippen molar-refractivity contribution in [3.8, 4) is 0 Å². The third-order valence-corrected chi connectivity index (χ3v) is 4.17. The maximum atomic E-state index is 11.4. The van der Waals surface area contributed by atoms with Crippen molar-refractivity contribution in [3.63, 3.8) is 0 Å². The molecule has 17 heavy (non-hydrogen) atoms. The average Bonchev–Trinajstić information content (AvgIpc) is 3.02. The first-order valence-electron chi connectivity index (χ1n) is 5.67. The Morgan fingerprint density at radius 1 is 1.59 bits per heavy atom. The van der Waals surface area contributed by atoms with Gasteiger partial charge in [0.25, 0.3) is 5.54 Å². The van der Waals surface area contributed by atoms with Crippen LogP contribution in [0.1, 0.15) is 18.1 Å². The Bertz CT molecular complexity index is 467. The summed E-state index contributed by atoms with van der Waals surface area (Å²) in [5.74, 6) is 0.159. The largest absolute Gasteiger partial charge is 0.469 e. The van der Waals surface area contributed by atoms with Crippen molar-refractivity contribution in [2.45, 2.75) is 17.9 Å². The Hall–Kier alpha value is -1.62. The highest BCUT2D eigenvalue weighted by atomic mass is 16.6. The molecule has 0 unspecified atom stereocenters. The summed E-state index contributed by atoms with van der Waals surface area (Å²) in [7, 11) is 0. The number of fused-ring (bicyclic) bond motifs is 2. The number of allylic oxidation sites excluding steroid dienone is 1. The SMILES string of the molecule is O=[N+]([O-])[C@@]1(CO)[C@@H]2C=C[C@@H](C2)[C@@H]1c1ccco1. The highest BCUT2D eigenvalue weighted by Gasteiger charge is 2.66. The van der Waals surface area contributed by atoms with E-state index in [9.17, 15) is 15.2 Å². The van der Waals surface area contributed by atoms with E-state index in [4.69, 9.17) is 4.42 Å². The van der Waals surface area contributed by atoms with Gasteiger partial charge in [-0.1, -0.05) is 12.2 Å². The number of nitrogens with zero attached hydrogens (tertiary/aromatic N) is 1. The van der Waals surface area contributed by atoms with Crippen LogP contribution in [-0.2, 0) is 0 Å². The van der Waals surface area contributed by atoms with Crippen molar-refractivity contribution in [3.05, 3.63) is 46.4 Å². The fourth-order valence-corrected chi connectivity index (χ4v) is 3.39. The van der Waals surface area contributed by atoms with E-state index in [0.29, 0.717) is 5.76 Å². The summed E-state index contributed by atoms with van der Waals surface area (Å²) in [5, 5.41) is 21.0. The minimum Gasteiger partial charge on any atom is -0.469 e. The highest BCUT2D eigenvalue weighted by Crippen LogP contribution is 2.56. The van der Waals surface area contributed by atoms with Crippen molar-refractivity contribution >= 4 is 0 Å². The van der Waals surface area contributed by atoms with E-state index >= 15 is 0 Å². The molecule has 0 aromatic carbocycles. The molecule has 3 rings (SSSR count). The summed E-state index contributed by atoms with van der Waals surface area (Å²) in [4.78, 5) is 11.1. The second-order valence-corrected chi connectivity index (χ2v) is 4.79. The van der Waals surface area contributed by atoms with Gasteiger partial charge in [0.15, 0.2) is 0 Å². The van der Waals surface area contributed by atoms with Crippen molar-refractivity contribution in [2.75, 3.05) is 6.61 Å². The summed E-state index contributed by atoms with van der Waals surface area (Å²) >= 11 is 0. The third-order valence-electron chi connectivity index (χ3n) is 4.17. The molecule has 1 aromatic rings. The summed E-state index contributed by atoms with van der Waals surface area (Å²) < 4.78 is 5.33. The van der Waals surface area contributed by atoms with Gasteiger partial charge in [0.2, 0.25) is 0 Å². The van der Waals surface area contributed by atoms with E-state index in [-0.39, 0.29) is 22.7 Å². The lowest BCUT2D eigenvalue weighted by Gasteiger charge is -2.31. The fourth-order valence-electron chi connectivity index (χ4n) is 3.39. The van der Waals surface area contributed by atoms with Crippen LogP contribution in [0.3, 0.4) is 0 Å². The van der Waals surface area contributed by atoms with Gasteiger partial charge in [0.1, 0.15) is 12.4 Å². The van der Waals surface area contributed by atoms with Crippen LogP contribution < -0.4 is 0 Å². The summed E-state index contributed by atoms with van der Waals surface area (Å²) in [6.45, 7) is -0.448. The summed E-state index contributed by atoms with van der Waals surface area (Å²) in [6, 6.07) is 3.49. The van der Waals surface area contributed by atoms with Crippen LogP contribution in [0.2, 0.25) is 0 Å². The van der Waals surface area contributed by atoms with E-state index in [0.717, 1.165) is 6.42 Å². The average molecular weight is 235 g/mol. The van der Waals surface area contributed by atoms with Gasteiger partial charge in [-0.15, -0.1) is 0 Å². The van der Waals surface area contributed by atoms with Crippen molar-refractivity contribution < 1.29 is 14.4 Å². The van der Waals surface area contributed by atoms with Gasteiger partial charge in [0.05, 0.1) is 18.1 Å². The zero-order chi connectivity index (χ0) is 12.0. The normalized spacial score (nSPS) is 38.8. The van der Waals surface area contributed by atoms with Crippen molar-refractivity contribution in [2.24, 2.45) is 11.8 Å². The molecule has 2 bridgehead atoms. The monoisotopic (exact) mass is 235 g/mol. The molecule has 2 aliphatic carbocycles. The number of furan rings is 1. The smallest absolute Gasteiger partial charge is 0.261 e. The highest BCUT2D eigenvalue weighted by molar-refractivity contribution is 5.29. The van der Waals surface area contributed by atoms with Gasteiger partial charge in [-0.2, -0.15) is 0 Å². The Balaban J connectivity index is 2.12. The van der Waals surface area contributed by atoms with E-state index in [2.05, 4.69) is 0 Å². The second-order valence-electron chi connectivity index (χ2n) is 4.79. The predicted octanol–water partition coefficient (Wildman–Crippen LogP) is 1.58. The molecule has 0 saturated heterocycles. The first-order chi connectivity index (χ1) is 8.20. The maximum Gasteiger partial charge on any atom is 0.261 e. The van der Waals surface area contributed by atoms with Gasteiger partial charge in [-0.3, -0.25) is 10.1 Å². The predicted molar refractivity (Wildman–Crippen MR) is 59.0 cm³/mol. The number of hydrogen-bond acceptors (Lipinski definition) is 4. The fraction of sp³-hybridized carbons (Fsp3) is 0.500. The molecule has 2 aliphatic rings. The topological polar surface area (TPSA) is 76.5 Å². The molecule has 0 spiro atoms. The molecule has 1 aromatic heterocycles. The van der Waals surface area contributed by atoms with Gasteiger partial charge in [0, 0.05) is 4.92 Å². The van der Waals surface area contributed by atoms with Crippen LogP contribution in [0.15, 0.2) is 35.0 Å². The van der Waals surface area contributed by atoms with Gasteiger partial charge >= 0.3 is 0 Å². The number of hydrogen-bond donors (Lipinski definition) is 1. The lowest BCUT2D eigenvalue weighted by molar-refractivity contribution is -0.583. The molecule has 4 atom stereocenters. The van der Waals surface area contributed by atoms with E-state index in [1.807, 2.05) is 12.2 Å². The van der Waals surface area contributed by atoms with Crippen LogP contribution in [0.5, 0.6) is 0 Å². The number of nitro groups is 1. The molecule has 1 fully saturated rings. The molecular weight excluding hydrogens is 222 g/mol. The zero-order valence-corrected chi connectivity index (χ0v) is 9.15. The third kappa shape index (κ3) is 1.17. The standard InChI is InChI=1S/C12H13NO4/c14-7-12(13(15)16)9-4-3-8(6-9)11(12)10-2-1-5-17-10/h1-5,8-9,11,14H,6-7H2/t8-,9+,11+,12-/m0/s1. The van der Waals surface area contributed by atoms with E-state index < -0.39 is 12.1 Å². The van der Waals surface area contributed by atoms with Crippen LogP contribution >= 0.6 is 0 Å². The van der Waals surface area contributed by atoms with E-state index in [1.54, 1.807) is 12.1 Å².